The highest BCUT2D eigenvalue weighted by molar-refractivity contribution is 7.92. The minimum absolute atomic E-state index is 0.307. The van der Waals surface area contributed by atoms with E-state index >= 15 is 0 Å². The number of hydrogen-bond acceptors (Lipinski definition) is 3. The normalized spacial score (nSPS) is 15.1. The lowest BCUT2D eigenvalue weighted by Gasteiger charge is -2.37. The number of sulfone groups is 1. The van der Waals surface area contributed by atoms with E-state index in [9.17, 15) is 48.3 Å². The Balaban J connectivity index is 3.72. The third kappa shape index (κ3) is 4.00. The van der Waals surface area contributed by atoms with Crippen LogP contribution >= 0.6 is 11.6 Å². The highest BCUT2D eigenvalue weighted by Gasteiger charge is 2.82. The van der Waals surface area contributed by atoms with Crippen LogP contribution in [-0.4, -0.2) is 42.6 Å². The van der Waals surface area contributed by atoms with Crippen molar-refractivity contribution in [1.29, 1.82) is 0 Å². The van der Waals surface area contributed by atoms with Crippen LogP contribution in [0.15, 0.2) is 41.8 Å². The van der Waals surface area contributed by atoms with Crippen LogP contribution in [-0.2, 0) is 9.84 Å². The molecule has 0 aliphatic rings. The maximum Gasteiger partial charge on any atom is 0.392 e. The summed E-state index contributed by atoms with van der Waals surface area (Å²) in [6, 6.07) is 3.59. The first-order valence-corrected chi connectivity index (χ1v) is 9.52. The maximum absolute atomic E-state index is 14.3. The van der Waals surface area contributed by atoms with Gasteiger partial charge in [-0.1, -0.05) is 31.2 Å². The van der Waals surface area contributed by atoms with Crippen LogP contribution in [0.2, 0.25) is 0 Å². The number of ketones is 1. The Morgan fingerprint density at radius 1 is 1.07 bits per heavy atom. The fraction of sp³-hybridized carbons (Fsp3) is 0.438. The molecule has 164 valence electrons. The van der Waals surface area contributed by atoms with Crippen LogP contribution in [0.3, 0.4) is 0 Å². The van der Waals surface area contributed by atoms with E-state index in [1.54, 1.807) is 0 Å². The average Bonchev–Trinajstić information content (AvgIpc) is 2.59. The van der Waals surface area contributed by atoms with Crippen molar-refractivity contribution in [3.05, 3.63) is 42.5 Å². The minimum Gasteiger partial charge on any atom is -0.294 e. The van der Waals surface area contributed by atoms with Gasteiger partial charge in [0.05, 0.1) is 4.90 Å². The van der Waals surface area contributed by atoms with Gasteiger partial charge in [0.1, 0.15) is 0 Å². The molecule has 1 unspecified atom stereocenters. The first-order valence-electron chi connectivity index (χ1n) is 7.60. The van der Waals surface area contributed by atoms with Crippen LogP contribution in [0.1, 0.15) is 23.7 Å². The maximum atomic E-state index is 14.3. The number of carbonyl (C=O) groups is 1. The summed E-state index contributed by atoms with van der Waals surface area (Å²) in [5, 5.41) is -9.92. The van der Waals surface area contributed by atoms with Crippen LogP contribution in [0.4, 0.5) is 35.1 Å². The Bertz CT molecular complexity index is 894. The molecule has 1 atom stereocenters. The summed E-state index contributed by atoms with van der Waals surface area (Å²) in [5.74, 6) is -20.9. The Morgan fingerprint density at radius 2 is 1.55 bits per heavy atom. The lowest BCUT2D eigenvalue weighted by molar-refractivity contribution is -0.345. The molecule has 3 nitrogen and oxygen atoms in total. The van der Waals surface area contributed by atoms with Crippen molar-refractivity contribution in [3.8, 4) is 0 Å². The molecule has 0 amide bonds. The van der Waals surface area contributed by atoms with E-state index in [1.165, 1.54) is 6.92 Å². The number of rotatable bonds is 9. The van der Waals surface area contributed by atoms with Gasteiger partial charge in [0.15, 0.2) is 20.9 Å². The summed E-state index contributed by atoms with van der Waals surface area (Å²) < 4.78 is 134. The monoisotopic (exact) mass is 472 g/mol. The standard InChI is InChI=1S/C16H13ClF8O3S/c1-3-10(26)9-7-5-6-8-11(9)29(27,28)12(4-2)13(18,19)14(20,21)15(22,23)16(17,24)25/h4-8,12H,2-3H2,1H3. The molecule has 0 saturated heterocycles. The summed E-state index contributed by atoms with van der Waals surface area (Å²) in [7, 11) is -5.67. The van der Waals surface area contributed by atoms with Gasteiger partial charge in [-0.2, -0.15) is 35.1 Å². The largest absolute Gasteiger partial charge is 0.392 e. The second-order valence-corrected chi connectivity index (χ2v) is 8.26. The zero-order valence-corrected chi connectivity index (χ0v) is 16.0. The molecule has 0 bridgehead atoms. The Hall–Kier alpha value is -1.69. The van der Waals surface area contributed by atoms with E-state index < -0.39 is 54.5 Å². The van der Waals surface area contributed by atoms with Gasteiger partial charge in [0, 0.05) is 12.0 Å². The molecule has 0 N–H and O–H groups in total. The fourth-order valence-corrected chi connectivity index (χ4v) is 4.25. The van der Waals surface area contributed by atoms with Crippen molar-refractivity contribution in [2.24, 2.45) is 0 Å². The molecule has 0 heterocycles. The Labute approximate surface area is 165 Å². The smallest absolute Gasteiger partial charge is 0.294 e. The van der Waals surface area contributed by atoms with Gasteiger partial charge in [-0.3, -0.25) is 4.79 Å². The number of halogens is 9. The van der Waals surface area contributed by atoms with Crippen molar-refractivity contribution < 1.29 is 48.3 Å². The molecule has 0 saturated carbocycles. The van der Waals surface area contributed by atoms with Gasteiger partial charge in [0.25, 0.3) is 0 Å². The molecular formula is C16H13ClF8O3S. The number of alkyl halides is 9. The summed E-state index contributed by atoms with van der Waals surface area (Å²) in [5.41, 5.74) is -0.671. The fourth-order valence-electron chi connectivity index (χ4n) is 2.31. The van der Waals surface area contributed by atoms with E-state index in [0.717, 1.165) is 18.2 Å². The van der Waals surface area contributed by atoms with Gasteiger partial charge >= 0.3 is 23.1 Å². The van der Waals surface area contributed by atoms with Crippen molar-refractivity contribution in [2.75, 3.05) is 0 Å². The lowest BCUT2D eigenvalue weighted by Crippen LogP contribution is -2.64. The van der Waals surface area contributed by atoms with Crippen LogP contribution in [0.25, 0.3) is 0 Å². The van der Waals surface area contributed by atoms with Crippen LogP contribution < -0.4 is 0 Å². The van der Waals surface area contributed by atoms with Gasteiger partial charge in [-0.15, -0.1) is 6.58 Å². The first kappa shape index (κ1) is 25.3. The summed E-state index contributed by atoms with van der Waals surface area (Å²) in [4.78, 5) is 10.7. The number of hydrogen-bond donors (Lipinski definition) is 0. The SMILES string of the molecule is C=CC(C(F)(F)C(F)(F)C(F)(F)C(F)(F)Cl)S(=O)(=O)c1ccccc1C(=O)CC. The van der Waals surface area contributed by atoms with E-state index in [1.807, 2.05) is 0 Å². The van der Waals surface area contributed by atoms with Crippen molar-refractivity contribution in [1.82, 2.24) is 0 Å². The van der Waals surface area contributed by atoms with Gasteiger partial charge < -0.3 is 0 Å². The molecule has 29 heavy (non-hydrogen) atoms. The predicted octanol–water partition coefficient (Wildman–Crippen LogP) is 5.35. The second-order valence-electron chi connectivity index (χ2n) is 5.74. The highest BCUT2D eigenvalue weighted by Crippen LogP contribution is 2.56. The molecular weight excluding hydrogens is 460 g/mol. The number of carbonyl (C=O) groups excluding carboxylic acids is 1. The average molecular weight is 473 g/mol. The molecule has 0 aromatic heterocycles. The summed E-state index contributed by atoms with van der Waals surface area (Å²) >= 11 is 3.86. The molecule has 0 radical (unpaired) electrons. The van der Waals surface area contributed by atoms with E-state index in [2.05, 4.69) is 18.2 Å². The van der Waals surface area contributed by atoms with Crippen molar-refractivity contribution in [2.45, 2.75) is 46.6 Å². The topological polar surface area (TPSA) is 51.2 Å². The van der Waals surface area contributed by atoms with Crippen LogP contribution in [0.5, 0.6) is 0 Å². The van der Waals surface area contributed by atoms with Gasteiger partial charge in [-0.25, -0.2) is 8.42 Å². The number of benzene rings is 1. The summed E-state index contributed by atoms with van der Waals surface area (Å²) in [6.07, 6.45) is -0.618. The van der Waals surface area contributed by atoms with Crippen molar-refractivity contribution in [3.63, 3.8) is 0 Å². The highest BCUT2D eigenvalue weighted by atomic mass is 35.5. The first-order chi connectivity index (χ1) is 12.9. The van der Waals surface area contributed by atoms with Crippen molar-refractivity contribution >= 4 is 27.2 Å². The zero-order valence-electron chi connectivity index (χ0n) is 14.4. The zero-order chi connectivity index (χ0) is 23.1. The molecule has 13 heteroatoms. The number of Topliss-reactive ketones (excluding diaryl/α,β-unsaturated/α-hetero) is 1. The van der Waals surface area contributed by atoms with Crippen LogP contribution in [0, 0.1) is 0 Å². The van der Waals surface area contributed by atoms with Gasteiger partial charge in [-0.05, 0) is 17.7 Å². The molecule has 1 aromatic carbocycles. The lowest BCUT2D eigenvalue weighted by atomic mass is 10.0. The third-order valence-corrected chi connectivity index (χ3v) is 6.25. The Morgan fingerprint density at radius 3 is 1.97 bits per heavy atom. The van der Waals surface area contributed by atoms with Gasteiger partial charge in [0.2, 0.25) is 0 Å². The molecule has 0 aliphatic heterocycles. The molecule has 0 aliphatic carbocycles. The molecule has 1 aromatic rings. The summed E-state index contributed by atoms with van der Waals surface area (Å²) in [6.45, 7) is 3.91. The molecule has 0 spiro atoms. The molecule has 1 rings (SSSR count). The van der Waals surface area contributed by atoms with E-state index in [0.29, 0.717) is 6.07 Å². The van der Waals surface area contributed by atoms with E-state index in [4.69, 9.17) is 0 Å². The van der Waals surface area contributed by atoms with E-state index in [-0.39, 0.29) is 12.5 Å². The molecule has 0 fully saturated rings. The predicted molar refractivity (Wildman–Crippen MR) is 87.9 cm³/mol. The third-order valence-electron chi connectivity index (χ3n) is 3.89. The Kier molecular flexibility index (Phi) is 6.87. The quantitative estimate of drug-likeness (QED) is 0.211. The second kappa shape index (κ2) is 7.86. The minimum atomic E-state index is -6.92.